The first-order valence-electron chi connectivity index (χ1n) is 32.0. The minimum Gasteiger partial charge on any atom is -0.454 e. The average Bonchev–Trinajstić information content (AvgIpc) is 3.40. The fourth-order valence-electron chi connectivity index (χ4n) is 10.4. The van der Waals surface area contributed by atoms with Crippen molar-refractivity contribution in [1.29, 1.82) is 0 Å². The van der Waals surface area contributed by atoms with Crippen LogP contribution in [0.4, 0.5) is 0 Å². The van der Waals surface area contributed by atoms with E-state index in [1.165, 1.54) is 212 Å². The van der Waals surface area contributed by atoms with Crippen LogP contribution in [-0.2, 0) is 23.8 Å². The van der Waals surface area contributed by atoms with E-state index in [9.17, 15) is 35.1 Å². The zero-order valence-corrected chi connectivity index (χ0v) is 48.5. The van der Waals surface area contributed by atoms with Gasteiger partial charge in [0, 0.05) is 6.42 Å². The first-order valence-corrected chi connectivity index (χ1v) is 32.0. The van der Waals surface area contributed by atoms with E-state index in [4.69, 9.17) is 14.2 Å². The third-order valence-corrected chi connectivity index (χ3v) is 15.4. The highest BCUT2D eigenvalue weighted by atomic mass is 16.7. The molecule has 0 aromatic carbocycles. The van der Waals surface area contributed by atoms with Crippen LogP contribution < -0.4 is 5.32 Å². The maximum atomic E-state index is 13.4. The molecule has 6 N–H and O–H groups in total. The van der Waals surface area contributed by atoms with E-state index in [2.05, 4.69) is 26.1 Å². The number of allylic oxidation sites excluding steroid dienone is 1. The summed E-state index contributed by atoms with van der Waals surface area (Å²) in [6, 6.07) is -1.01. The summed E-state index contributed by atoms with van der Waals surface area (Å²) in [4.78, 5) is 26.5. The molecule has 1 aliphatic rings. The largest absolute Gasteiger partial charge is 0.454 e. The second-order valence-corrected chi connectivity index (χ2v) is 22.5. The van der Waals surface area contributed by atoms with Crippen molar-refractivity contribution >= 4 is 11.9 Å². The Morgan fingerprint density at radius 2 is 0.878 bits per heavy atom. The quantitative estimate of drug-likeness (QED) is 0.0195. The van der Waals surface area contributed by atoms with Gasteiger partial charge in [0.25, 0.3) is 0 Å². The first kappa shape index (κ1) is 70.4. The molecule has 0 aliphatic carbocycles. The molecule has 1 heterocycles. The highest BCUT2D eigenvalue weighted by Crippen LogP contribution is 2.26. The molecule has 0 saturated carbocycles. The highest BCUT2D eigenvalue weighted by Gasteiger charge is 2.47. The second-order valence-electron chi connectivity index (χ2n) is 22.5. The van der Waals surface area contributed by atoms with Crippen molar-refractivity contribution in [3.8, 4) is 0 Å². The van der Waals surface area contributed by atoms with Crippen molar-refractivity contribution in [3.05, 3.63) is 12.2 Å². The molecule has 1 rings (SSSR count). The van der Waals surface area contributed by atoms with Crippen molar-refractivity contribution in [3.63, 3.8) is 0 Å². The lowest BCUT2D eigenvalue weighted by Crippen LogP contribution is -2.61. The second kappa shape index (κ2) is 52.1. The van der Waals surface area contributed by atoms with Crippen LogP contribution in [0.1, 0.15) is 316 Å². The van der Waals surface area contributed by atoms with Crippen molar-refractivity contribution in [2.24, 2.45) is 0 Å². The SMILES string of the molecule is CCCCCCCCCCC/C=C/C(O)C(COC1OC(CO)C(O)C(O)C1OC(=O)CCCCCCCCCCCCCCCCCCCCCCC)NC(=O)C(O)CCCCCCCCCCCCCCC. The van der Waals surface area contributed by atoms with Crippen molar-refractivity contribution in [2.75, 3.05) is 13.2 Å². The number of rotatable bonds is 55. The van der Waals surface area contributed by atoms with Gasteiger partial charge in [0.15, 0.2) is 12.4 Å². The topological polar surface area (TPSA) is 175 Å². The van der Waals surface area contributed by atoms with E-state index in [1.54, 1.807) is 6.08 Å². The third-order valence-electron chi connectivity index (χ3n) is 15.4. The summed E-state index contributed by atoms with van der Waals surface area (Å²) in [5.41, 5.74) is 0. The number of unbranched alkanes of at least 4 members (excludes halogenated alkanes) is 41. The zero-order chi connectivity index (χ0) is 54.0. The number of carbonyl (C=O) groups excluding carboxylic acids is 2. The molecule has 8 unspecified atom stereocenters. The summed E-state index contributed by atoms with van der Waals surface area (Å²) < 4.78 is 17.6. The predicted molar refractivity (Wildman–Crippen MR) is 306 cm³/mol. The number of hydrogen-bond donors (Lipinski definition) is 6. The minimum atomic E-state index is -1.61. The van der Waals surface area contributed by atoms with Gasteiger partial charge in [-0.1, -0.05) is 296 Å². The van der Waals surface area contributed by atoms with Crippen LogP contribution in [0.5, 0.6) is 0 Å². The molecule has 1 saturated heterocycles. The lowest BCUT2D eigenvalue weighted by Gasteiger charge is -2.41. The van der Waals surface area contributed by atoms with Gasteiger partial charge in [0.05, 0.1) is 25.4 Å². The Morgan fingerprint density at radius 1 is 0.514 bits per heavy atom. The van der Waals surface area contributed by atoms with Crippen LogP contribution in [0.3, 0.4) is 0 Å². The lowest BCUT2D eigenvalue weighted by molar-refractivity contribution is -0.305. The summed E-state index contributed by atoms with van der Waals surface area (Å²) >= 11 is 0. The average molecular weight is 1050 g/mol. The summed E-state index contributed by atoms with van der Waals surface area (Å²) in [6.45, 7) is 5.82. The molecular weight excluding hydrogens is 931 g/mol. The standard InChI is InChI=1S/C63H121NO10/c1-4-7-10-13-16-19-22-24-25-26-27-28-29-30-31-33-36-39-42-45-48-51-58(68)74-61-60(70)59(69)57(52-65)73-63(61)72-53-54(55(66)49-46-43-40-37-34-21-18-15-12-9-6-3)64-62(71)56(67)50-47-44-41-38-35-32-23-20-17-14-11-8-5-2/h46,49,54-57,59-61,63,65-67,69-70H,4-45,47-48,50-53H2,1-3H3,(H,64,71)/b49-46+. The minimum absolute atomic E-state index is 0.132. The molecule has 0 bridgehead atoms. The summed E-state index contributed by atoms with van der Waals surface area (Å²) in [5, 5.41) is 56.9. The number of nitrogens with one attached hydrogen (secondary N) is 1. The molecule has 0 radical (unpaired) electrons. The Bertz CT molecular complexity index is 1250. The molecule has 11 heteroatoms. The van der Waals surface area contributed by atoms with E-state index in [1.807, 2.05) is 6.08 Å². The van der Waals surface area contributed by atoms with Crippen LogP contribution in [0.25, 0.3) is 0 Å². The number of ether oxygens (including phenoxy) is 3. The highest BCUT2D eigenvalue weighted by molar-refractivity contribution is 5.80. The van der Waals surface area contributed by atoms with Gasteiger partial charge >= 0.3 is 5.97 Å². The Labute approximate surface area is 455 Å². The van der Waals surface area contributed by atoms with Crippen molar-refractivity contribution < 1.29 is 49.3 Å². The van der Waals surface area contributed by atoms with Gasteiger partial charge in [-0.25, -0.2) is 0 Å². The van der Waals surface area contributed by atoms with Gasteiger partial charge in [-0.15, -0.1) is 0 Å². The summed E-state index contributed by atoms with van der Waals surface area (Å²) in [7, 11) is 0. The van der Waals surface area contributed by atoms with E-state index in [-0.39, 0.29) is 13.0 Å². The predicted octanol–water partition coefficient (Wildman–Crippen LogP) is 15.1. The molecule has 438 valence electrons. The van der Waals surface area contributed by atoms with E-state index < -0.39 is 67.4 Å². The monoisotopic (exact) mass is 1050 g/mol. The van der Waals surface area contributed by atoms with Gasteiger partial charge in [0.2, 0.25) is 5.91 Å². The van der Waals surface area contributed by atoms with Gasteiger partial charge in [-0.2, -0.15) is 0 Å². The van der Waals surface area contributed by atoms with Crippen LogP contribution in [0.15, 0.2) is 12.2 Å². The fraction of sp³-hybridized carbons (Fsp3) is 0.937. The molecular formula is C63H121NO10. The van der Waals surface area contributed by atoms with E-state index in [0.29, 0.717) is 19.3 Å². The Morgan fingerprint density at radius 3 is 1.27 bits per heavy atom. The molecule has 1 amide bonds. The number of amides is 1. The normalized spacial score (nSPS) is 19.3. The zero-order valence-electron chi connectivity index (χ0n) is 48.5. The van der Waals surface area contributed by atoms with Crippen molar-refractivity contribution in [1.82, 2.24) is 5.32 Å². The molecule has 0 spiro atoms. The van der Waals surface area contributed by atoms with Gasteiger partial charge in [-0.3, -0.25) is 9.59 Å². The number of carbonyl (C=O) groups is 2. The maximum Gasteiger partial charge on any atom is 0.306 e. The lowest BCUT2D eigenvalue weighted by atomic mass is 9.99. The molecule has 0 aromatic heterocycles. The van der Waals surface area contributed by atoms with Crippen molar-refractivity contribution in [2.45, 2.75) is 365 Å². The number of aliphatic hydroxyl groups is 5. The van der Waals surface area contributed by atoms with Gasteiger partial charge < -0.3 is 45.1 Å². The van der Waals surface area contributed by atoms with Crippen LogP contribution in [0, 0.1) is 0 Å². The van der Waals surface area contributed by atoms with Crippen LogP contribution in [0.2, 0.25) is 0 Å². The van der Waals surface area contributed by atoms with Gasteiger partial charge in [0.1, 0.15) is 24.4 Å². The maximum absolute atomic E-state index is 13.4. The van der Waals surface area contributed by atoms with Crippen LogP contribution >= 0.6 is 0 Å². The smallest absolute Gasteiger partial charge is 0.306 e. The summed E-state index contributed by atoms with van der Waals surface area (Å²) in [5.74, 6) is -1.18. The Kier molecular flexibility index (Phi) is 49.6. The molecule has 1 aliphatic heterocycles. The fourth-order valence-corrected chi connectivity index (χ4v) is 10.4. The molecule has 11 nitrogen and oxygen atoms in total. The molecule has 1 fully saturated rings. The number of esters is 1. The Hall–Kier alpha value is -1.60. The molecule has 8 atom stereocenters. The van der Waals surface area contributed by atoms with Crippen LogP contribution in [-0.4, -0.2) is 99.6 Å². The van der Waals surface area contributed by atoms with E-state index >= 15 is 0 Å². The number of aliphatic hydroxyl groups excluding tert-OH is 5. The first-order chi connectivity index (χ1) is 36.2. The van der Waals surface area contributed by atoms with Gasteiger partial charge in [-0.05, 0) is 25.7 Å². The molecule has 0 aromatic rings. The third kappa shape index (κ3) is 39.7. The van der Waals surface area contributed by atoms with E-state index in [0.717, 1.165) is 57.8 Å². The number of hydrogen-bond acceptors (Lipinski definition) is 10. The Balaban J connectivity index is 2.60. The summed E-state index contributed by atoms with van der Waals surface area (Å²) in [6.07, 6.45) is 48.3. The molecule has 74 heavy (non-hydrogen) atoms.